The van der Waals surface area contributed by atoms with Crippen molar-refractivity contribution in [3.8, 4) is 0 Å². The first-order valence-electron chi connectivity index (χ1n) is 4.64. The van der Waals surface area contributed by atoms with Gasteiger partial charge in [-0.25, -0.2) is 4.79 Å². The van der Waals surface area contributed by atoms with E-state index in [0.717, 1.165) is 19.3 Å². The zero-order chi connectivity index (χ0) is 10.3. The molecule has 13 heavy (non-hydrogen) atoms. The number of hydrogen-bond donors (Lipinski definition) is 2. The van der Waals surface area contributed by atoms with E-state index in [0.29, 0.717) is 6.42 Å². The number of ether oxygens (including phenoxy) is 1. The Hall–Kier alpha value is -0.610. The average Bonchev–Trinajstić information content (AvgIpc) is 2.04. The number of rotatable bonds is 6. The monoisotopic (exact) mass is 190 g/mol. The van der Waals surface area contributed by atoms with E-state index in [-0.39, 0.29) is 0 Å². The Morgan fingerprint density at radius 1 is 1.38 bits per heavy atom. The third kappa shape index (κ3) is 6.54. The zero-order valence-electron chi connectivity index (χ0n) is 8.19. The summed E-state index contributed by atoms with van der Waals surface area (Å²) in [6.45, 7) is 3.36. The Kier molecular flexibility index (Phi) is 6.54. The number of aliphatic hydroxyl groups is 2. The quantitative estimate of drug-likeness (QED) is 0.369. The number of hydrogen-bond acceptors (Lipinski definition) is 4. The Bertz CT molecular complexity index is 145. The molecule has 4 heteroatoms. The van der Waals surface area contributed by atoms with Crippen LogP contribution in [0.15, 0.2) is 0 Å². The van der Waals surface area contributed by atoms with Gasteiger partial charge in [0.05, 0.1) is 0 Å². The van der Waals surface area contributed by atoms with Crippen LogP contribution in [0.25, 0.3) is 0 Å². The number of esters is 1. The summed E-state index contributed by atoms with van der Waals surface area (Å²) < 4.78 is 4.52. The summed E-state index contributed by atoms with van der Waals surface area (Å²) in [5, 5.41) is 17.9. The van der Waals surface area contributed by atoms with Crippen LogP contribution in [0.3, 0.4) is 0 Å². The second-order valence-corrected chi connectivity index (χ2v) is 3.06. The van der Waals surface area contributed by atoms with Gasteiger partial charge in [0.25, 0.3) is 0 Å². The maximum Gasteiger partial charge on any atom is 0.336 e. The fourth-order valence-electron chi connectivity index (χ4n) is 0.860. The molecule has 0 aliphatic carbocycles. The molecule has 78 valence electrons. The maximum atomic E-state index is 10.8. The van der Waals surface area contributed by atoms with Crippen molar-refractivity contribution >= 4 is 5.97 Å². The molecule has 0 saturated carbocycles. The third-order valence-corrected chi connectivity index (χ3v) is 1.65. The van der Waals surface area contributed by atoms with Crippen LogP contribution in [0, 0.1) is 0 Å². The molecule has 0 aliphatic rings. The van der Waals surface area contributed by atoms with E-state index in [1.165, 1.54) is 6.92 Å². The van der Waals surface area contributed by atoms with Crippen LogP contribution >= 0.6 is 0 Å². The summed E-state index contributed by atoms with van der Waals surface area (Å²) >= 11 is 0. The molecule has 0 heterocycles. The zero-order valence-corrected chi connectivity index (χ0v) is 8.19. The van der Waals surface area contributed by atoms with Gasteiger partial charge >= 0.3 is 5.97 Å². The van der Waals surface area contributed by atoms with E-state index in [1.54, 1.807) is 0 Å². The highest BCUT2D eigenvalue weighted by Gasteiger charge is 2.14. The van der Waals surface area contributed by atoms with Gasteiger partial charge in [-0.05, 0) is 13.3 Å². The lowest BCUT2D eigenvalue weighted by Crippen LogP contribution is -2.25. The average molecular weight is 190 g/mol. The summed E-state index contributed by atoms with van der Waals surface area (Å²) in [5.41, 5.74) is 0. The van der Waals surface area contributed by atoms with Crippen LogP contribution < -0.4 is 0 Å². The highest BCUT2D eigenvalue weighted by atomic mass is 16.6. The molecular weight excluding hydrogens is 172 g/mol. The minimum Gasteiger partial charge on any atom is -0.434 e. The van der Waals surface area contributed by atoms with Crippen molar-refractivity contribution in [2.75, 3.05) is 0 Å². The van der Waals surface area contributed by atoms with Crippen molar-refractivity contribution in [1.29, 1.82) is 0 Å². The second kappa shape index (κ2) is 6.86. The van der Waals surface area contributed by atoms with Gasteiger partial charge in [-0.15, -0.1) is 0 Å². The molecule has 0 aromatic carbocycles. The lowest BCUT2D eigenvalue weighted by molar-refractivity contribution is -0.177. The van der Waals surface area contributed by atoms with E-state index >= 15 is 0 Å². The molecule has 2 atom stereocenters. The minimum absolute atomic E-state index is 0.437. The van der Waals surface area contributed by atoms with Gasteiger partial charge in [0.15, 0.2) is 0 Å². The minimum atomic E-state index is -1.17. The van der Waals surface area contributed by atoms with E-state index in [9.17, 15) is 4.79 Å². The molecule has 0 aromatic rings. The lowest BCUT2D eigenvalue weighted by atomic mass is 10.2. The molecule has 2 N–H and O–H groups in total. The largest absolute Gasteiger partial charge is 0.434 e. The molecule has 0 aliphatic heterocycles. The Labute approximate surface area is 78.5 Å². The van der Waals surface area contributed by atoms with Gasteiger partial charge in [0, 0.05) is 6.42 Å². The van der Waals surface area contributed by atoms with Gasteiger partial charge in [-0.2, -0.15) is 0 Å². The topological polar surface area (TPSA) is 66.8 Å². The van der Waals surface area contributed by atoms with Crippen LogP contribution in [0.2, 0.25) is 0 Å². The van der Waals surface area contributed by atoms with E-state index < -0.39 is 18.4 Å². The molecule has 0 aromatic heterocycles. The maximum absolute atomic E-state index is 10.8. The molecule has 0 saturated heterocycles. The molecular formula is C9H18O4. The van der Waals surface area contributed by atoms with Crippen LogP contribution in [0.1, 0.15) is 39.5 Å². The van der Waals surface area contributed by atoms with Gasteiger partial charge in [0.1, 0.15) is 6.10 Å². The first-order valence-corrected chi connectivity index (χ1v) is 4.64. The van der Waals surface area contributed by atoms with Gasteiger partial charge < -0.3 is 14.9 Å². The SMILES string of the molecule is CCCCCC(O)OC(=O)C(C)O. The van der Waals surface area contributed by atoms with Crippen molar-refractivity contribution < 1.29 is 19.7 Å². The fourth-order valence-corrected chi connectivity index (χ4v) is 0.860. The predicted molar refractivity (Wildman–Crippen MR) is 47.9 cm³/mol. The van der Waals surface area contributed by atoms with Gasteiger partial charge in [-0.3, -0.25) is 0 Å². The van der Waals surface area contributed by atoms with Gasteiger partial charge in [-0.1, -0.05) is 19.8 Å². The van der Waals surface area contributed by atoms with E-state index in [4.69, 9.17) is 10.2 Å². The van der Waals surface area contributed by atoms with E-state index in [2.05, 4.69) is 4.74 Å². The standard InChI is InChI=1S/C9H18O4/c1-3-4-5-6-8(11)13-9(12)7(2)10/h7-8,10-11H,3-6H2,1-2H3. The molecule has 0 rings (SSSR count). The molecule has 0 radical (unpaired) electrons. The normalized spacial score (nSPS) is 15.1. The second-order valence-electron chi connectivity index (χ2n) is 3.06. The molecule has 0 amide bonds. The van der Waals surface area contributed by atoms with Crippen molar-refractivity contribution in [3.05, 3.63) is 0 Å². The van der Waals surface area contributed by atoms with Crippen molar-refractivity contribution in [2.45, 2.75) is 51.9 Å². The third-order valence-electron chi connectivity index (χ3n) is 1.65. The van der Waals surface area contributed by atoms with Crippen LogP contribution in [0.4, 0.5) is 0 Å². The van der Waals surface area contributed by atoms with Crippen LogP contribution in [0.5, 0.6) is 0 Å². The molecule has 0 bridgehead atoms. The molecule has 4 nitrogen and oxygen atoms in total. The summed E-state index contributed by atoms with van der Waals surface area (Å²) in [6, 6.07) is 0. The van der Waals surface area contributed by atoms with Crippen molar-refractivity contribution in [2.24, 2.45) is 0 Å². The van der Waals surface area contributed by atoms with E-state index in [1.807, 2.05) is 6.92 Å². The predicted octanol–water partition coefficient (Wildman–Crippen LogP) is 0.809. The first-order chi connectivity index (χ1) is 6.07. The van der Waals surface area contributed by atoms with Gasteiger partial charge in [0.2, 0.25) is 6.29 Å². The summed E-state index contributed by atoms with van der Waals surface area (Å²) in [7, 11) is 0. The highest BCUT2D eigenvalue weighted by molar-refractivity contribution is 5.73. The lowest BCUT2D eigenvalue weighted by Gasteiger charge is -2.12. The Morgan fingerprint density at radius 3 is 2.46 bits per heavy atom. The summed E-state index contributed by atoms with van der Waals surface area (Å²) in [4.78, 5) is 10.8. The van der Waals surface area contributed by atoms with Crippen molar-refractivity contribution in [1.82, 2.24) is 0 Å². The first kappa shape index (κ1) is 12.4. The smallest absolute Gasteiger partial charge is 0.336 e. The van der Waals surface area contributed by atoms with Crippen molar-refractivity contribution in [3.63, 3.8) is 0 Å². The summed E-state index contributed by atoms with van der Waals surface area (Å²) in [6.07, 6.45) is 1.08. The van der Waals surface area contributed by atoms with Crippen LogP contribution in [-0.4, -0.2) is 28.6 Å². The molecule has 0 fully saturated rings. The van der Waals surface area contributed by atoms with Crippen LogP contribution in [-0.2, 0) is 9.53 Å². The highest BCUT2D eigenvalue weighted by Crippen LogP contribution is 2.05. The summed E-state index contributed by atoms with van der Waals surface area (Å²) in [5.74, 6) is -0.774. The number of unbranched alkanes of at least 4 members (excludes halogenated alkanes) is 2. The number of carbonyl (C=O) groups excluding carboxylic acids is 1. The molecule has 2 unspecified atom stereocenters. The number of aliphatic hydroxyl groups excluding tert-OH is 2. The fraction of sp³-hybridized carbons (Fsp3) is 0.889. The number of carbonyl (C=O) groups is 1. The Balaban J connectivity index is 3.50. The molecule has 0 spiro atoms. The Morgan fingerprint density at radius 2 is 2.00 bits per heavy atom.